The lowest BCUT2D eigenvalue weighted by Gasteiger charge is -2.20. The van der Waals surface area contributed by atoms with E-state index in [2.05, 4.69) is 10.1 Å². The first kappa shape index (κ1) is 20.9. The number of carbonyl (C=O) groups excluding carboxylic acids is 1. The third kappa shape index (κ3) is 4.38. The average molecular weight is 444 g/mol. The number of ether oxygens (including phenoxy) is 1. The van der Waals surface area contributed by atoms with E-state index < -0.39 is 23.0 Å². The monoisotopic (exact) mass is 444 g/mol. The second-order valence-corrected chi connectivity index (χ2v) is 7.62. The van der Waals surface area contributed by atoms with E-state index in [-0.39, 0.29) is 28.6 Å². The summed E-state index contributed by atoms with van der Waals surface area (Å²) in [5.41, 5.74) is 1.44. The number of halogens is 3. The zero-order valence-corrected chi connectivity index (χ0v) is 16.9. The molecule has 2 aromatic carbocycles. The molecule has 6 nitrogen and oxygen atoms in total. The molecule has 0 aliphatic carbocycles. The van der Waals surface area contributed by atoms with E-state index in [1.165, 1.54) is 6.08 Å². The fraction of sp³-hybridized carbons (Fsp3) is 0.143. The molecule has 2 aromatic rings. The topological polar surface area (TPSA) is 78.1 Å². The molecule has 0 aromatic heterocycles. The molecular weight excluding hydrogens is 429 g/mol. The number of hydrogen-bond donors (Lipinski definition) is 1. The molecule has 1 atom stereocenters. The van der Waals surface area contributed by atoms with Crippen molar-refractivity contribution < 1.29 is 22.7 Å². The van der Waals surface area contributed by atoms with Crippen LogP contribution in [0, 0.1) is 5.41 Å². The second kappa shape index (κ2) is 8.03. The lowest BCUT2D eigenvalue weighted by atomic mass is 10.1. The Morgan fingerprint density at radius 2 is 1.81 bits per heavy atom. The predicted octanol–water partition coefficient (Wildman–Crippen LogP) is 5.01. The Hall–Kier alpha value is -3.40. The van der Waals surface area contributed by atoms with Gasteiger partial charge in [0.1, 0.15) is 11.9 Å². The van der Waals surface area contributed by atoms with Gasteiger partial charge < -0.3 is 4.74 Å². The van der Waals surface area contributed by atoms with Gasteiger partial charge in [0.05, 0.1) is 5.57 Å². The normalized spacial score (nSPS) is 18.6. The molecule has 4 rings (SSSR count). The minimum absolute atomic E-state index is 0.150. The first-order valence-electron chi connectivity index (χ1n) is 9.11. The Labute approximate surface area is 179 Å². The van der Waals surface area contributed by atoms with E-state index in [0.717, 1.165) is 10.6 Å². The van der Waals surface area contributed by atoms with Gasteiger partial charge in [0, 0.05) is 0 Å². The van der Waals surface area contributed by atoms with Crippen molar-refractivity contribution in [3.05, 3.63) is 71.3 Å². The van der Waals surface area contributed by atoms with Gasteiger partial charge in [0.25, 0.3) is 5.91 Å². The summed E-state index contributed by atoms with van der Waals surface area (Å²) in [6.07, 6.45) is -3.45. The molecule has 0 saturated carbocycles. The molecule has 1 N–H and O–H groups in total. The number of carbonyl (C=O) groups is 1. The molecule has 0 fully saturated rings. The molecule has 0 radical (unpaired) electrons. The van der Waals surface area contributed by atoms with Crippen molar-refractivity contribution >= 4 is 39.8 Å². The Balaban J connectivity index is 1.52. The molecule has 1 amide bonds. The van der Waals surface area contributed by atoms with E-state index in [4.69, 9.17) is 10.1 Å². The highest BCUT2D eigenvalue weighted by Gasteiger charge is 2.46. The molecular formula is C21H15F3N4O2S. The number of fused-ring (bicyclic) bond motifs is 1. The van der Waals surface area contributed by atoms with Crippen LogP contribution in [0.15, 0.2) is 70.3 Å². The SMILES string of the molecule is CC(Oc1ccc(/C=C2/C(=N)N3N=C(C(F)(F)F)SC3=NC2=O)cc1)c1ccccc1. The van der Waals surface area contributed by atoms with Crippen molar-refractivity contribution in [3.8, 4) is 5.75 Å². The highest BCUT2D eigenvalue weighted by atomic mass is 32.2. The van der Waals surface area contributed by atoms with E-state index in [0.29, 0.717) is 11.3 Å². The molecule has 2 heterocycles. The summed E-state index contributed by atoms with van der Waals surface area (Å²) in [5, 5.41) is 10.8. The first-order chi connectivity index (χ1) is 14.7. The van der Waals surface area contributed by atoms with Crippen LogP contribution in [-0.4, -0.2) is 33.1 Å². The molecule has 2 aliphatic rings. The zero-order chi connectivity index (χ0) is 22.2. The van der Waals surface area contributed by atoms with Crippen molar-refractivity contribution in [2.45, 2.75) is 19.2 Å². The third-order valence-corrected chi connectivity index (χ3v) is 5.42. The largest absolute Gasteiger partial charge is 0.486 e. The molecule has 0 bridgehead atoms. The van der Waals surface area contributed by atoms with E-state index in [9.17, 15) is 18.0 Å². The number of alkyl halides is 3. The maximum absolute atomic E-state index is 12.9. The van der Waals surface area contributed by atoms with Crippen LogP contribution in [0.2, 0.25) is 0 Å². The van der Waals surface area contributed by atoms with Crippen molar-refractivity contribution in [3.63, 3.8) is 0 Å². The number of nitrogens with zero attached hydrogens (tertiary/aromatic N) is 3. The van der Waals surface area contributed by atoms with E-state index in [1.807, 2.05) is 37.3 Å². The van der Waals surface area contributed by atoms with Crippen LogP contribution in [0.4, 0.5) is 13.2 Å². The van der Waals surface area contributed by atoms with Gasteiger partial charge in [-0.2, -0.15) is 28.3 Å². The summed E-state index contributed by atoms with van der Waals surface area (Å²) in [4.78, 5) is 15.9. The number of aliphatic imine (C=N–C) groups is 1. The van der Waals surface area contributed by atoms with Gasteiger partial charge >= 0.3 is 6.18 Å². The number of amides is 1. The number of amidine groups is 2. The minimum Gasteiger partial charge on any atom is -0.486 e. The van der Waals surface area contributed by atoms with Crippen LogP contribution in [0.1, 0.15) is 24.2 Å². The number of nitrogens with one attached hydrogen (secondary N) is 1. The summed E-state index contributed by atoms with van der Waals surface area (Å²) in [7, 11) is 0. The van der Waals surface area contributed by atoms with Crippen LogP contribution in [0.5, 0.6) is 5.75 Å². The number of thioether (sulfide) groups is 1. The van der Waals surface area contributed by atoms with E-state index in [1.54, 1.807) is 24.3 Å². The van der Waals surface area contributed by atoms with Crippen molar-refractivity contribution in [1.82, 2.24) is 5.01 Å². The third-order valence-electron chi connectivity index (χ3n) is 4.47. The predicted molar refractivity (Wildman–Crippen MR) is 113 cm³/mol. The van der Waals surface area contributed by atoms with Crippen molar-refractivity contribution in [2.75, 3.05) is 0 Å². The van der Waals surface area contributed by atoms with Crippen LogP contribution in [0.3, 0.4) is 0 Å². The Morgan fingerprint density at radius 3 is 2.45 bits per heavy atom. The zero-order valence-electron chi connectivity index (χ0n) is 16.1. The van der Waals surface area contributed by atoms with E-state index >= 15 is 0 Å². The van der Waals surface area contributed by atoms with Gasteiger partial charge in [-0.05, 0) is 48.0 Å². The summed E-state index contributed by atoms with van der Waals surface area (Å²) in [6.45, 7) is 1.92. The van der Waals surface area contributed by atoms with Crippen LogP contribution in [0.25, 0.3) is 6.08 Å². The number of hydrogen-bond acceptors (Lipinski definition) is 5. The van der Waals surface area contributed by atoms with Gasteiger partial charge in [-0.1, -0.05) is 42.5 Å². The van der Waals surface area contributed by atoms with Gasteiger partial charge in [-0.15, -0.1) is 0 Å². The maximum atomic E-state index is 12.9. The van der Waals surface area contributed by atoms with Crippen molar-refractivity contribution in [2.24, 2.45) is 10.1 Å². The summed E-state index contributed by atoms with van der Waals surface area (Å²) in [6, 6.07) is 16.5. The van der Waals surface area contributed by atoms with Gasteiger partial charge in [0.15, 0.2) is 5.84 Å². The standard InChI is InChI=1S/C21H15F3N4O2S/c1-12(14-5-3-2-4-6-14)30-15-9-7-13(8-10-15)11-16-17(25)28-20(26-18(16)29)31-19(27-28)21(22,23)24/h2-12,25H,1H3/b16-11-,25-17?. The molecule has 2 aliphatic heterocycles. The summed E-state index contributed by atoms with van der Waals surface area (Å²) in [5.74, 6) is -0.639. The minimum atomic E-state index is -4.68. The Morgan fingerprint density at radius 1 is 1.13 bits per heavy atom. The fourth-order valence-corrected chi connectivity index (χ4v) is 3.67. The fourth-order valence-electron chi connectivity index (χ4n) is 2.91. The molecule has 31 heavy (non-hydrogen) atoms. The highest BCUT2D eigenvalue weighted by molar-refractivity contribution is 8.27. The maximum Gasteiger partial charge on any atom is 0.441 e. The average Bonchev–Trinajstić information content (AvgIpc) is 3.18. The second-order valence-electron chi connectivity index (χ2n) is 6.66. The van der Waals surface area contributed by atoms with Crippen LogP contribution < -0.4 is 4.74 Å². The molecule has 10 heteroatoms. The molecule has 1 unspecified atom stereocenters. The quantitative estimate of drug-likeness (QED) is 0.673. The van der Waals surface area contributed by atoms with Gasteiger partial charge in [-0.25, -0.2) is 0 Å². The lowest BCUT2D eigenvalue weighted by Crippen LogP contribution is -2.35. The Kier molecular flexibility index (Phi) is 5.40. The number of rotatable bonds is 4. The molecule has 0 saturated heterocycles. The van der Waals surface area contributed by atoms with Crippen molar-refractivity contribution in [1.29, 1.82) is 5.41 Å². The number of benzene rings is 2. The number of hydrazone groups is 1. The van der Waals surface area contributed by atoms with Crippen LogP contribution in [-0.2, 0) is 4.79 Å². The molecule has 158 valence electrons. The van der Waals surface area contributed by atoms with Gasteiger partial charge in [-0.3, -0.25) is 10.2 Å². The lowest BCUT2D eigenvalue weighted by molar-refractivity contribution is -0.114. The highest BCUT2D eigenvalue weighted by Crippen LogP contribution is 2.35. The molecule has 0 spiro atoms. The smallest absolute Gasteiger partial charge is 0.441 e. The van der Waals surface area contributed by atoms with Gasteiger partial charge in [0.2, 0.25) is 10.2 Å². The van der Waals surface area contributed by atoms with Crippen LogP contribution >= 0.6 is 11.8 Å². The summed E-state index contributed by atoms with van der Waals surface area (Å²) < 4.78 is 44.6. The summed E-state index contributed by atoms with van der Waals surface area (Å²) >= 11 is 0.219. The Bertz CT molecular complexity index is 1130. The first-order valence-corrected chi connectivity index (χ1v) is 9.93.